The van der Waals surface area contributed by atoms with Crippen molar-refractivity contribution in [3.05, 3.63) is 18.1 Å². The van der Waals surface area contributed by atoms with Gasteiger partial charge in [-0.1, -0.05) is 0 Å². The molecule has 1 saturated carbocycles. The molecule has 7 heteroatoms. The number of aliphatic hydroxyl groups is 1. The van der Waals surface area contributed by atoms with Crippen LogP contribution in [0.4, 0.5) is 5.82 Å². The molecule has 1 heterocycles. The third-order valence-electron chi connectivity index (χ3n) is 3.05. The fourth-order valence-corrected chi connectivity index (χ4v) is 2.02. The van der Waals surface area contributed by atoms with E-state index in [1.807, 2.05) is 0 Å². The van der Waals surface area contributed by atoms with Crippen LogP contribution < -0.4 is 16.6 Å². The van der Waals surface area contributed by atoms with Crippen LogP contribution in [0.3, 0.4) is 0 Å². The zero-order valence-corrected chi connectivity index (χ0v) is 9.97. The van der Waals surface area contributed by atoms with Crippen molar-refractivity contribution in [1.82, 2.24) is 15.3 Å². The first kappa shape index (κ1) is 12.7. The maximum Gasteiger partial charge on any atom is 0.271 e. The highest BCUT2D eigenvalue weighted by atomic mass is 16.3. The molecular formula is C11H17N5O2. The molecule has 0 atom stereocenters. The molecule has 1 aromatic heterocycles. The predicted octanol–water partition coefficient (Wildman–Crippen LogP) is -0.205. The highest BCUT2D eigenvalue weighted by Crippen LogP contribution is 2.18. The molecule has 98 valence electrons. The summed E-state index contributed by atoms with van der Waals surface area (Å²) in [5.41, 5.74) is 2.58. The number of nitrogens with zero attached hydrogens (tertiary/aromatic N) is 2. The highest BCUT2D eigenvalue weighted by molar-refractivity contribution is 5.92. The minimum absolute atomic E-state index is 0.0946. The van der Waals surface area contributed by atoms with E-state index in [2.05, 4.69) is 20.7 Å². The van der Waals surface area contributed by atoms with Gasteiger partial charge in [-0.15, -0.1) is 0 Å². The third kappa shape index (κ3) is 3.14. The minimum atomic E-state index is -0.263. The van der Waals surface area contributed by atoms with Gasteiger partial charge in [-0.2, -0.15) is 0 Å². The number of nitrogen functional groups attached to an aromatic ring is 1. The van der Waals surface area contributed by atoms with Crippen molar-refractivity contribution in [2.24, 2.45) is 5.84 Å². The Kier molecular flexibility index (Phi) is 4.06. The number of anilines is 1. The van der Waals surface area contributed by atoms with Crippen LogP contribution in [0.1, 0.15) is 36.2 Å². The van der Waals surface area contributed by atoms with Gasteiger partial charge < -0.3 is 15.8 Å². The van der Waals surface area contributed by atoms with Crippen molar-refractivity contribution in [2.45, 2.75) is 37.8 Å². The number of rotatable bonds is 3. The van der Waals surface area contributed by atoms with Gasteiger partial charge in [-0.05, 0) is 25.7 Å². The molecule has 18 heavy (non-hydrogen) atoms. The maximum atomic E-state index is 11.9. The molecule has 1 amide bonds. The lowest BCUT2D eigenvalue weighted by atomic mass is 9.93. The first-order valence-corrected chi connectivity index (χ1v) is 5.96. The monoisotopic (exact) mass is 251 g/mol. The smallest absolute Gasteiger partial charge is 0.271 e. The van der Waals surface area contributed by atoms with E-state index in [4.69, 9.17) is 5.84 Å². The lowest BCUT2D eigenvalue weighted by Gasteiger charge is -2.25. The number of aromatic nitrogens is 2. The average molecular weight is 251 g/mol. The second kappa shape index (κ2) is 5.74. The number of carbonyl (C=O) groups excluding carboxylic acids is 1. The molecule has 2 rings (SSSR count). The summed E-state index contributed by atoms with van der Waals surface area (Å²) in [6.45, 7) is 0. The molecule has 1 aliphatic rings. The summed E-state index contributed by atoms with van der Waals surface area (Å²) in [5, 5.41) is 12.3. The number of hydrazine groups is 1. The van der Waals surface area contributed by atoms with E-state index in [1.165, 1.54) is 12.4 Å². The molecule has 0 aromatic carbocycles. The molecule has 0 saturated heterocycles. The van der Waals surface area contributed by atoms with E-state index < -0.39 is 0 Å². The Morgan fingerprint density at radius 3 is 2.72 bits per heavy atom. The Balaban J connectivity index is 1.94. The molecule has 5 N–H and O–H groups in total. The highest BCUT2D eigenvalue weighted by Gasteiger charge is 2.21. The van der Waals surface area contributed by atoms with Gasteiger partial charge in [0, 0.05) is 6.04 Å². The number of hydrogen-bond donors (Lipinski definition) is 4. The van der Waals surface area contributed by atoms with Gasteiger partial charge in [0.1, 0.15) is 5.69 Å². The Morgan fingerprint density at radius 1 is 1.33 bits per heavy atom. The van der Waals surface area contributed by atoms with Crippen LogP contribution in [0.2, 0.25) is 0 Å². The number of amides is 1. The van der Waals surface area contributed by atoms with E-state index in [9.17, 15) is 9.90 Å². The molecule has 7 nitrogen and oxygen atoms in total. The molecule has 0 spiro atoms. The van der Waals surface area contributed by atoms with Crippen LogP contribution in [-0.2, 0) is 0 Å². The van der Waals surface area contributed by atoms with Crippen LogP contribution in [0.5, 0.6) is 0 Å². The van der Waals surface area contributed by atoms with Crippen LogP contribution in [0, 0.1) is 0 Å². The van der Waals surface area contributed by atoms with Gasteiger partial charge in [0.25, 0.3) is 5.91 Å². The standard InChI is InChI=1S/C11H17N5O2/c12-16-10-6-13-5-9(15-10)11(18)14-7-1-3-8(17)4-2-7/h5-8,17H,1-4,12H2,(H,14,18)(H,15,16). The third-order valence-corrected chi connectivity index (χ3v) is 3.05. The number of nitrogens with two attached hydrogens (primary N) is 1. The normalized spacial score (nSPS) is 23.4. The van der Waals surface area contributed by atoms with Crippen molar-refractivity contribution in [2.75, 3.05) is 5.43 Å². The number of nitrogens with one attached hydrogen (secondary N) is 2. The Hall–Kier alpha value is -1.73. The summed E-state index contributed by atoms with van der Waals surface area (Å²) >= 11 is 0. The van der Waals surface area contributed by atoms with E-state index >= 15 is 0 Å². The number of aliphatic hydroxyl groups excluding tert-OH is 1. The quantitative estimate of drug-likeness (QED) is 0.437. The summed E-state index contributed by atoms with van der Waals surface area (Å²) in [6, 6.07) is 0.0946. The Bertz CT molecular complexity index is 418. The molecule has 0 unspecified atom stereocenters. The molecule has 0 radical (unpaired) electrons. The molecule has 0 aliphatic heterocycles. The summed E-state index contributed by atoms with van der Waals surface area (Å²) in [5.74, 6) is 5.29. The second-order valence-corrected chi connectivity index (χ2v) is 4.41. The molecule has 1 aliphatic carbocycles. The summed E-state index contributed by atoms with van der Waals surface area (Å²) in [6.07, 6.45) is 5.62. The molecule has 1 aromatic rings. The van der Waals surface area contributed by atoms with Crippen LogP contribution >= 0.6 is 0 Å². The summed E-state index contributed by atoms with van der Waals surface area (Å²) < 4.78 is 0. The van der Waals surface area contributed by atoms with Gasteiger partial charge in [-0.25, -0.2) is 10.8 Å². The molecule has 1 fully saturated rings. The summed E-state index contributed by atoms with van der Waals surface area (Å²) in [4.78, 5) is 19.8. The zero-order chi connectivity index (χ0) is 13.0. The summed E-state index contributed by atoms with van der Waals surface area (Å²) in [7, 11) is 0. The topological polar surface area (TPSA) is 113 Å². The van der Waals surface area contributed by atoms with Crippen molar-refractivity contribution < 1.29 is 9.90 Å². The Labute approximate surface area is 105 Å². The first-order chi connectivity index (χ1) is 8.69. The fourth-order valence-electron chi connectivity index (χ4n) is 2.02. The maximum absolute atomic E-state index is 11.9. The molecular weight excluding hydrogens is 234 g/mol. The first-order valence-electron chi connectivity index (χ1n) is 5.96. The SMILES string of the molecule is NNc1cncc(C(=O)NC2CCC(O)CC2)n1. The van der Waals surface area contributed by atoms with Gasteiger partial charge in [0.15, 0.2) is 5.82 Å². The van der Waals surface area contributed by atoms with E-state index in [0.29, 0.717) is 5.82 Å². The minimum Gasteiger partial charge on any atom is -0.393 e. The van der Waals surface area contributed by atoms with Gasteiger partial charge in [-0.3, -0.25) is 9.78 Å². The van der Waals surface area contributed by atoms with Crippen molar-refractivity contribution >= 4 is 11.7 Å². The number of hydrogen-bond acceptors (Lipinski definition) is 6. The van der Waals surface area contributed by atoms with E-state index in [0.717, 1.165) is 25.7 Å². The lowest BCUT2D eigenvalue weighted by Crippen LogP contribution is -2.39. The van der Waals surface area contributed by atoms with E-state index in [1.54, 1.807) is 0 Å². The Morgan fingerprint density at radius 2 is 2.06 bits per heavy atom. The van der Waals surface area contributed by atoms with Gasteiger partial charge in [0.2, 0.25) is 0 Å². The number of carbonyl (C=O) groups is 1. The fraction of sp³-hybridized carbons (Fsp3) is 0.545. The van der Waals surface area contributed by atoms with Gasteiger partial charge in [0.05, 0.1) is 18.5 Å². The van der Waals surface area contributed by atoms with Crippen LogP contribution in [-0.4, -0.2) is 33.1 Å². The largest absolute Gasteiger partial charge is 0.393 e. The molecule has 0 bridgehead atoms. The zero-order valence-electron chi connectivity index (χ0n) is 9.97. The average Bonchev–Trinajstić information content (AvgIpc) is 2.41. The van der Waals surface area contributed by atoms with Crippen LogP contribution in [0.25, 0.3) is 0 Å². The second-order valence-electron chi connectivity index (χ2n) is 4.41. The van der Waals surface area contributed by atoms with Gasteiger partial charge >= 0.3 is 0 Å². The lowest BCUT2D eigenvalue weighted by molar-refractivity contribution is 0.0863. The predicted molar refractivity (Wildman–Crippen MR) is 65.6 cm³/mol. The van der Waals surface area contributed by atoms with Crippen molar-refractivity contribution in [3.8, 4) is 0 Å². The van der Waals surface area contributed by atoms with E-state index in [-0.39, 0.29) is 23.7 Å². The van der Waals surface area contributed by atoms with Crippen molar-refractivity contribution in [1.29, 1.82) is 0 Å². The van der Waals surface area contributed by atoms with Crippen LogP contribution in [0.15, 0.2) is 12.4 Å². The van der Waals surface area contributed by atoms with Crippen molar-refractivity contribution in [3.63, 3.8) is 0 Å².